The van der Waals surface area contributed by atoms with Gasteiger partial charge in [0.2, 0.25) is 5.91 Å². The first-order valence-electron chi connectivity index (χ1n) is 9.68. The molecule has 1 aromatic rings. The van der Waals surface area contributed by atoms with Crippen LogP contribution in [0.1, 0.15) is 69.5 Å². The van der Waals surface area contributed by atoms with E-state index in [2.05, 4.69) is 15.2 Å². The third kappa shape index (κ3) is 3.70. The van der Waals surface area contributed by atoms with Crippen LogP contribution in [0.3, 0.4) is 0 Å². The maximum Gasteiger partial charge on any atom is 0.223 e. The summed E-state index contributed by atoms with van der Waals surface area (Å²) in [4.78, 5) is 23.9. The number of hydrogen-bond donors (Lipinski definition) is 1. The quantitative estimate of drug-likeness (QED) is 0.923. The van der Waals surface area contributed by atoms with E-state index >= 15 is 0 Å². The van der Waals surface area contributed by atoms with Gasteiger partial charge in [-0.15, -0.1) is 0 Å². The Morgan fingerprint density at radius 3 is 2.50 bits per heavy atom. The lowest BCUT2D eigenvalue weighted by Gasteiger charge is -2.34. The Kier molecular flexibility index (Phi) is 4.67. The van der Waals surface area contributed by atoms with E-state index in [1.54, 1.807) is 0 Å². The molecule has 0 bridgehead atoms. The van der Waals surface area contributed by atoms with E-state index in [0.717, 1.165) is 50.4 Å². The van der Waals surface area contributed by atoms with Crippen molar-refractivity contribution in [2.75, 3.05) is 18.0 Å². The fraction of sp³-hybridized carbons (Fsp3) is 0.737. The number of carbonyl (C=O) groups is 1. The molecule has 0 atom stereocenters. The van der Waals surface area contributed by atoms with Crippen molar-refractivity contribution < 1.29 is 4.79 Å². The minimum atomic E-state index is 0.264. The molecule has 1 aromatic heterocycles. The summed E-state index contributed by atoms with van der Waals surface area (Å²) >= 11 is 0. The molecule has 0 unspecified atom stereocenters. The lowest BCUT2D eigenvalue weighted by atomic mass is 9.88. The Labute approximate surface area is 144 Å². The number of nitrogens with zero attached hydrogens (tertiary/aromatic N) is 3. The van der Waals surface area contributed by atoms with Crippen molar-refractivity contribution in [1.82, 2.24) is 15.3 Å². The maximum atomic E-state index is 12.4. The fourth-order valence-electron chi connectivity index (χ4n) is 4.01. The van der Waals surface area contributed by atoms with Gasteiger partial charge in [0, 0.05) is 37.2 Å². The van der Waals surface area contributed by atoms with Crippen molar-refractivity contribution in [3.63, 3.8) is 0 Å². The number of anilines is 1. The third-order valence-corrected chi connectivity index (χ3v) is 5.74. The lowest BCUT2D eigenvalue weighted by molar-refractivity contribution is -0.126. The predicted molar refractivity (Wildman–Crippen MR) is 94.0 cm³/mol. The molecule has 1 N–H and O–H groups in total. The molecule has 1 aliphatic heterocycles. The third-order valence-electron chi connectivity index (χ3n) is 5.74. The average molecular weight is 328 g/mol. The molecule has 3 aliphatic rings. The fourth-order valence-corrected chi connectivity index (χ4v) is 4.01. The van der Waals surface area contributed by atoms with Crippen molar-refractivity contribution in [2.45, 2.75) is 69.7 Å². The number of piperidine rings is 1. The molecule has 24 heavy (non-hydrogen) atoms. The molecule has 1 amide bonds. The van der Waals surface area contributed by atoms with Gasteiger partial charge in [0.05, 0.1) is 0 Å². The van der Waals surface area contributed by atoms with Crippen molar-refractivity contribution in [2.24, 2.45) is 5.92 Å². The predicted octanol–water partition coefficient (Wildman–Crippen LogP) is 3.02. The van der Waals surface area contributed by atoms with Crippen LogP contribution in [0.25, 0.3) is 0 Å². The Hall–Kier alpha value is -1.65. The Bertz CT molecular complexity index is 572. The van der Waals surface area contributed by atoms with E-state index in [1.807, 2.05) is 12.3 Å². The van der Waals surface area contributed by atoms with Crippen LogP contribution < -0.4 is 10.2 Å². The minimum Gasteiger partial charge on any atom is -0.356 e. The van der Waals surface area contributed by atoms with Crippen molar-refractivity contribution in [1.29, 1.82) is 0 Å². The van der Waals surface area contributed by atoms with Gasteiger partial charge in [-0.1, -0.05) is 19.3 Å². The Balaban J connectivity index is 1.28. The van der Waals surface area contributed by atoms with Gasteiger partial charge >= 0.3 is 0 Å². The van der Waals surface area contributed by atoms with Crippen LogP contribution in [-0.2, 0) is 4.79 Å². The van der Waals surface area contributed by atoms with Crippen LogP contribution >= 0.6 is 0 Å². The van der Waals surface area contributed by atoms with Crippen LogP contribution in [-0.4, -0.2) is 35.0 Å². The summed E-state index contributed by atoms with van der Waals surface area (Å²) in [5.41, 5.74) is 0. The topological polar surface area (TPSA) is 58.1 Å². The molecule has 0 aromatic carbocycles. The molecule has 3 fully saturated rings. The number of carbonyl (C=O) groups excluding carboxylic acids is 1. The summed E-state index contributed by atoms with van der Waals surface area (Å²) in [5, 5.41) is 3.30. The highest BCUT2D eigenvalue weighted by Crippen LogP contribution is 2.38. The summed E-state index contributed by atoms with van der Waals surface area (Å²) in [7, 11) is 0. The summed E-state index contributed by atoms with van der Waals surface area (Å²) in [6.07, 6.45) is 12.3. The first-order chi connectivity index (χ1) is 11.8. The molecule has 2 saturated carbocycles. The number of nitrogens with one attached hydrogen (secondary N) is 1. The van der Waals surface area contributed by atoms with E-state index in [9.17, 15) is 4.79 Å². The zero-order valence-electron chi connectivity index (χ0n) is 14.4. The highest BCUT2D eigenvalue weighted by Gasteiger charge is 2.29. The van der Waals surface area contributed by atoms with E-state index < -0.39 is 0 Å². The van der Waals surface area contributed by atoms with Gasteiger partial charge in [-0.2, -0.15) is 0 Å². The second-order valence-electron chi connectivity index (χ2n) is 7.65. The number of aromatic nitrogens is 2. The van der Waals surface area contributed by atoms with Crippen LogP contribution in [0.15, 0.2) is 12.3 Å². The minimum absolute atomic E-state index is 0.264. The van der Waals surface area contributed by atoms with Gasteiger partial charge in [-0.05, 0) is 44.6 Å². The van der Waals surface area contributed by atoms with Crippen LogP contribution in [0.2, 0.25) is 0 Å². The Morgan fingerprint density at radius 2 is 1.79 bits per heavy atom. The van der Waals surface area contributed by atoms with Gasteiger partial charge < -0.3 is 10.2 Å². The molecule has 2 aliphatic carbocycles. The van der Waals surface area contributed by atoms with Gasteiger partial charge in [-0.25, -0.2) is 9.97 Å². The largest absolute Gasteiger partial charge is 0.356 e. The first-order valence-corrected chi connectivity index (χ1v) is 9.68. The van der Waals surface area contributed by atoms with Gasteiger partial charge in [0.15, 0.2) is 0 Å². The molecule has 5 heteroatoms. The molecule has 4 rings (SSSR count). The summed E-state index contributed by atoms with van der Waals surface area (Å²) in [5.74, 6) is 3.23. The number of amides is 1. The monoisotopic (exact) mass is 328 g/mol. The highest BCUT2D eigenvalue weighted by molar-refractivity contribution is 5.79. The smallest absolute Gasteiger partial charge is 0.223 e. The van der Waals surface area contributed by atoms with E-state index in [4.69, 9.17) is 4.98 Å². The molecular formula is C19H28N4O. The van der Waals surface area contributed by atoms with Crippen molar-refractivity contribution in [3.8, 4) is 0 Å². The van der Waals surface area contributed by atoms with Gasteiger partial charge in [0.25, 0.3) is 0 Å². The van der Waals surface area contributed by atoms with E-state index in [0.29, 0.717) is 17.9 Å². The first kappa shape index (κ1) is 15.9. The summed E-state index contributed by atoms with van der Waals surface area (Å²) in [6.45, 7) is 1.94. The molecule has 1 saturated heterocycles. The standard InChI is InChI=1S/C19H28N4O/c24-19(15-4-2-1-3-5-15)21-16-9-12-23(13-10-16)17-8-11-20-18(22-17)14-6-7-14/h8,11,14-16H,1-7,9-10,12-13H2,(H,21,24). The summed E-state index contributed by atoms with van der Waals surface area (Å²) < 4.78 is 0. The molecule has 0 spiro atoms. The van der Waals surface area contributed by atoms with Gasteiger partial charge in [0.1, 0.15) is 11.6 Å². The highest BCUT2D eigenvalue weighted by atomic mass is 16.1. The average Bonchev–Trinajstić information content (AvgIpc) is 3.48. The maximum absolute atomic E-state index is 12.4. The van der Waals surface area contributed by atoms with Crippen LogP contribution in [0.4, 0.5) is 5.82 Å². The van der Waals surface area contributed by atoms with Crippen LogP contribution in [0, 0.1) is 5.92 Å². The number of hydrogen-bond acceptors (Lipinski definition) is 4. The molecule has 130 valence electrons. The van der Waals surface area contributed by atoms with Crippen LogP contribution in [0.5, 0.6) is 0 Å². The lowest BCUT2D eigenvalue weighted by Crippen LogP contribution is -2.46. The van der Waals surface area contributed by atoms with E-state index in [-0.39, 0.29) is 5.92 Å². The zero-order valence-corrected chi connectivity index (χ0v) is 14.4. The Morgan fingerprint density at radius 1 is 1.04 bits per heavy atom. The van der Waals surface area contributed by atoms with Crippen molar-refractivity contribution in [3.05, 3.63) is 18.1 Å². The molecule has 0 radical (unpaired) electrons. The molecular weight excluding hydrogens is 300 g/mol. The number of rotatable bonds is 4. The normalized spacial score (nSPS) is 23.2. The van der Waals surface area contributed by atoms with Gasteiger partial charge in [-0.3, -0.25) is 4.79 Å². The SMILES string of the molecule is O=C(NC1CCN(c2ccnc(C3CC3)n2)CC1)C1CCCCC1. The second kappa shape index (κ2) is 7.08. The summed E-state index contributed by atoms with van der Waals surface area (Å²) in [6, 6.07) is 2.35. The van der Waals surface area contributed by atoms with Crippen molar-refractivity contribution >= 4 is 11.7 Å². The molecule has 5 nitrogen and oxygen atoms in total. The molecule has 2 heterocycles. The van der Waals surface area contributed by atoms with E-state index in [1.165, 1.54) is 32.1 Å². The zero-order chi connectivity index (χ0) is 16.4. The second-order valence-corrected chi connectivity index (χ2v) is 7.65.